The van der Waals surface area contributed by atoms with Gasteiger partial charge in [0.2, 0.25) is 0 Å². The summed E-state index contributed by atoms with van der Waals surface area (Å²) in [5.41, 5.74) is 6.99. The van der Waals surface area contributed by atoms with Gasteiger partial charge < -0.3 is 20.3 Å². The third-order valence-electron chi connectivity index (χ3n) is 5.63. The molecular weight excluding hydrogens is 477 g/mol. The molecule has 1 aromatic heterocycles. The summed E-state index contributed by atoms with van der Waals surface area (Å²) in [6.07, 6.45) is 2.14. The van der Waals surface area contributed by atoms with E-state index in [0.717, 1.165) is 11.6 Å². The number of ether oxygens (including phenoxy) is 1. The van der Waals surface area contributed by atoms with E-state index in [1.54, 1.807) is 30.3 Å². The molecule has 0 saturated heterocycles. The number of carbonyl (C=O) groups excluding carboxylic acids is 1. The second kappa shape index (κ2) is 11.2. The van der Waals surface area contributed by atoms with Gasteiger partial charge in [0.1, 0.15) is 22.7 Å². The lowest BCUT2D eigenvalue weighted by Gasteiger charge is -2.38. The second-order valence-electron chi connectivity index (χ2n) is 7.95. The zero-order valence-corrected chi connectivity index (χ0v) is 20.5. The van der Waals surface area contributed by atoms with Crippen LogP contribution in [0.4, 0.5) is 4.39 Å². The molecule has 2 heterocycles. The van der Waals surface area contributed by atoms with Crippen LogP contribution in [0, 0.1) is 15.9 Å². The normalized spacial score (nSPS) is 15.9. The van der Waals surface area contributed by atoms with Crippen molar-refractivity contribution in [3.05, 3.63) is 97.7 Å². The highest BCUT2D eigenvalue weighted by Gasteiger charge is 2.46. The number of carbonyl (C=O) groups is 1. The van der Waals surface area contributed by atoms with Crippen LogP contribution in [-0.4, -0.2) is 45.9 Å². The fourth-order valence-corrected chi connectivity index (χ4v) is 4.12. The fraction of sp³-hybridized carbons (Fsp3) is 0.333. The van der Waals surface area contributed by atoms with E-state index in [1.807, 2.05) is 13.8 Å². The molecule has 0 fully saturated rings. The summed E-state index contributed by atoms with van der Waals surface area (Å²) in [6.45, 7) is 4.41. The van der Waals surface area contributed by atoms with E-state index in [0.29, 0.717) is 18.1 Å². The number of allylic oxidation sites excluding steroid dienone is 1. The molecule has 1 aliphatic heterocycles. The number of hydrogen-bond acceptors (Lipinski definition) is 8. The van der Waals surface area contributed by atoms with Crippen LogP contribution in [0.5, 0.6) is 0 Å². The SMILES string of the molecule is CCCOC(=O)C1=C(N)N(C)C(N(CC)Cc2ccc(Cl)nc2)=C([N+](=O)[O-])C1c1cccc(F)c1. The van der Waals surface area contributed by atoms with Crippen LogP contribution in [-0.2, 0) is 16.1 Å². The fourth-order valence-electron chi connectivity index (χ4n) is 4.00. The number of esters is 1. The predicted molar refractivity (Wildman–Crippen MR) is 129 cm³/mol. The van der Waals surface area contributed by atoms with Gasteiger partial charge in [-0.1, -0.05) is 36.7 Å². The van der Waals surface area contributed by atoms with Gasteiger partial charge >= 0.3 is 5.97 Å². The summed E-state index contributed by atoms with van der Waals surface area (Å²) in [5.74, 6) is -2.44. The van der Waals surface area contributed by atoms with Gasteiger partial charge in [-0.25, -0.2) is 14.2 Å². The maximum atomic E-state index is 14.2. The molecular formula is C24H27ClFN5O4. The van der Waals surface area contributed by atoms with Crippen molar-refractivity contribution in [3.63, 3.8) is 0 Å². The van der Waals surface area contributed by atoms with Crippen LogP contribution < -0.4 is 5.73 Å². The molecule has 0 saturated carbocycles. The Kier molecular flexibility index (Phi) is 8.29. The summed E-state index contributed by atoms with van der Waals surface area (Å²) in [5, 5.41) is 12.9. The number of aromatic nitrogens is 1. The van der Waals surface area contributed by atoms with Gasteiger partial charge in [-0.15, -0.1) is 0 Å². The molecule has 1 unspecified atom stereocenters. The van der Waals surface area contributed by atoms with Crippen LogP contribution >= 0.6 is 11.6 Å². The molecule has 1 atom stereocenters. The Labute approximate surface area is 207 Å². The zero-order chi connectivity index (χ0) is 25.7. The van der Waals surface area contributed by atoms with Crippen LogP contribution in [0.1, 0.15) is 37.3 Å². The third kappa shape index (κ3) is 5.54. The Hall–Kier alpha value is -3.66. The van der Waals surface area contributed by atoms with Crippen molar-refractivity contribution in [3.8, 4) is 0 Å². The Balaban J connectivity index is 2.22. The first kappa shape index (κ1) is 26.0. The minimum absolute atomic E-state index is 0.00588. The summed E-state index contributed by atoms with van der Waals surface area (Å²) in [7, 11) is 1.55. The van der Waals surface area contributed by atoms with E-state index < -0.39 is 22.6 Å². The van der Waals surface area contributed by atoms with Crippen molar-refractivity contribution in [2.75, 3.05) is 20.2 Å². The molecule has 9 nitrogen and oxygen atoms in total. The van der Waals surface area contributed by atoms with E-state index in [9.17, 15) is 19.3 Å². The number of halogens is 2. The molecule has 2 N–H and O–H groups in total. The highest BCUT2D eigenvalue weighted by molar-refractivity contribution is 6.29. The zero-order valence-electron chi connectivity index (χ0n) is 19.7. The molecule has 3 rings (SSSR count). The van der Waals surface area contributed by atoms with Gasteiger partial charge in [0.15, 0.2) is 5.82 Å². The Morgan fingerprint density at radius 2 is 2.09 bits per heavy atom. The van der Waals surface area contributed by atoms with Gasteiger partial charge in [-0.2, -0.15) is 0 Å². The summed E-state index contributed by atoms with van der Waals surface area (Å²) < 4.78 is 19.5. The van der Waals surface area contributed by atoms with Gasteiger partial charge in [0, 0.05) is 26.3 Å². The topological polar surface area (TPSA) is 115 Å². The van der Waals surface area contributed by atoms with Gasteiger partial charge in [0.05, 0.1) is 17.1 Å². The molecule has 0 spiro atoms. The first-order valence-corrected chi connectivity index (χ1v) is 11.5. The number of rotatable bonds is 9. The number of nitro groups is 1. The maximum Gasteiger partial charge on any atom is 0.338 e. The van der Waals surface area contributed by atoms with Gasteiger partial charge in [0.25, 0.3) is 5.70 Å². The van der Waals surface area contributed by atoms with Crippen molar-refractivity contribution in [2.45, 2.75) is 32.7 Å². The average molecular weight is 504 g/mol. The average Bonchev–Trinajstić information content (AvgIpc) is 2.83. The first-order valence-electron chi connectivity index (χ1n) is 11.1. The summed E-state index contributed by atoms with van der Waals surface area (Å²) in [4.78, 5) is 32.3. The van der Waals surface area contributed by atoms with Crippen LogP contribution in [0.15, 0.2) is 65.5 Å². The molecule has 0 aliphatic carbocycles. The van der Waals surface area contributed by atoms with Crippen molar-refractivity contribution >= 4 is 17.6 Å². The summed E-state index contributed by atoms with van der Waals surface area (Å²) >= 11 is 5.89. The molecule has 11 heteroatoms. The van der Waals surface area contributed by atoms with Crippen molar-refractivity contribution in [1.82, 2.24) is 14.8 Å². The van der Waals surface area contributed by atoms with E-state index >= 15 is 0 Å². The number of nitrogens with zero attached hydrogens (tertiary/aromatic N) is 4. The predicted octanol–water partition coefficient (Wildman–Crippen LogP) is 3.99. The number of benzene rings is 1. The van der Waals surface area contributed by atoms with E-state index in [2.05, 4.69) is 4.98 Å². The monoisotopic (exact) mass is 503 g/mol. The van der Waals surface area contributed by atoms with Crippen molar-refractivity contribution in [1.29, 1.82) is 0 Å². The number of pyridine rings is 1. The lowest BCUT2D eigenvalue weighted by Crippen LogP contribution is -2.43. The lowest BCUT2D eigenvalue weighted by molar-refractivity contribution is -0.433. The highest BCUT2D eigenvalue weighted by Crippen LogP contribution is 2.42. The van der Waals surface area contributed by atoms with Crippen molar-refractivity contribution < 1.29 is 18.8 Å². The highest BCUT2D eigenvalue weighted by atomic mass is 35.5. The Morgan fingerprint density at radius 1 is 1.34 bits per heavy atom. The van der Waals surface area contributed by atoms with E-state index in [-0.39, 0.29) is 41.6 Å². The van der Waals surface area contributed by atoms with E-state index in [1.165, 1.54) is 23.1 Å². The smallest absolute Gasteiger partial charge is 0.338 e. The van der Waals surface area contributed by atoms with Crippen molar-refractivity contribution in [2.24, 2.45) is 5.73 Å². The molecule has 186 valence electrons. The largest absolute Gasteiger partial charge is 0.462 e. The van der Waals surface area contributed by atoms with Crippen LogP contribution in [0.3, 0.4) is 0 Å². The minimum Gasteiger partial charge on any atom is -0.462 e. The Bertz CT molecular complexity index is 1170. The molecule has 0 radical (unpaired) electrons. The lowest BCUT2D eigenvalue weighted by atomic mass is 9.85. The number of hydrogen-bond donors (Lipinski definition) is 1. The van der Waals surface area contributed by atoms with Gasteiger partial charge in [-0.05, 0) is 42.7 Å². The molecule has 1 aliphatic rings. The molecule has 2 aromatic rings. The second-order valence-corrected chi connectivity index (χ2v) is 8.34. The number of nitrogens with two attached hydrogens (primary N) is 1. The molecule has 35 heavy (non-hydrogen) atoms. The standard InChI is InChI=1S/C24H27ClFN5O4/c1-4-11-35-24(32)20-19(16-7-6-8-17(26)12-16)21(31(33)34)23(29(3)22(20)27)30(5-2)14-15-9-10-18(25)28-13-15/h6-10,12-13,19H,4-5,11,14,27H2,1-3H3. The minimum atomic E-state index is -1.24. The molecule has 1 aromatic carbocycles. The molecule has 0 bridgehead atoms. The first-order chi connectivity index (χ1) is 16.7. The van der Waals surface area contributed by atoms with Gasteiger partial charge in [-0.3, -0.25) is 10.1 Å². The quantitative estimate of drug-likeness (QED) is 0.236. The van der Waals surface area contributed by atoms with Crippen LogP contribution in [0.2, 0.25) is 5.15 Å². The Morgan fingerprint density at radius 3 is 2.66 bits per heavy atom. The summed E-state index contributed by atoms with van der Waals surface area (Å²) in [6, 6.07) is 8.75. The van der Waals surface area contributed by atoms with Crippen LogP contribution in [0.25, 0.3) is 0 Å². The maximum absolute atomic E-state index is 14.2. The molecule has 0 amide bonds. The van der Waals surface area contributed by atoms with E-state index in [4.69, 9.17) is 22.1 Å². The third-order valence-corrected chi connectivity index (χ3v) is 5.85.